The number of hydrogen-bond acceptors (Lipinski definition) is 6. The van der Waals surface area contributed by atoms with E-state index < -0.39 is 0 Å². The molecule has 0 fully saturated rings. The molecule has 0 radical (unpaired) electrons. The van der Waals surface area contributed by atoms with Crippen molar-refractivity contribution in [1.29, 1.82) is 0 Å². The Hall–Kier alpha value is -3.78. The molecule has 1 N–H and O–H groups in total. The number of amides is 1. The fourth-order valence-corrected chi connectivity index (χ4v) is 4.56. The molecule has 1 aromatic heterocycles. The molecule has 8 heteroatoms. The van der Waals surface area contributed by atoms with Gasteiger partial charge in [0, 0.05) is 5.69 Å². The molecular formula is C26H23N3O4S. The summed E-state index contributed by atoms with van der Waals surface area (Å²) in [6.45, 7) is 4.52. The van der Waals surface area contributed by atoms with Crippen molar-refractivity contribution in [3.63, 3.8) is 0 Å². The lowest BCUT2D eigenvalue weighted by Gasteiger charge is -2.14. The highest BCUT2D eigenvalue weighted by atomic mass is 32.2. The Bertz CT molecular complexity index is 1460. The molecule has 5 rings (SSSR count). The molecule has 1 aliphatic heterocycles. The second kappa shape index (κ2) is 9.23. The number of para-hydroxylation sites is 1. The van der Waals surface area contributed by atoms with Crippen molar-refractivity contribution in [2.45, 2.75) is 25.5 Å². The van der Waals surface area contributed by atoms with Crippen LogP contribution < -0.4 is 20.3 Å². The zero-order valence-electron chi connectivity index (χ0n) is 18.8. The summed E-state index contributed by atoms with van der Waals surface area (Å²) in [6, 6.07) is 18.6. The summed E-state index contributed by atoms with van der Waals surface area (Å²) in [6.07, 6.45) is 0. The van der Waals surface area contributed by atoms with Crippen molar-refractivity contribution in [3.05, 3.63) is 87.7 Å². The Morgan fingerprint density at radius 2 is 1.85 bits per heavy atom. The zero-order chi connectivity index (χ0) is 23.7. The minimum absolute atomic E-state index is 0.124. The van der Waals surface area contributed by atoms with Gasteiger partial charge in [-0.15, -0.1) is 0 Å². The summed E-state index contributed by atoms with van der Waals surface area (Å²) >= 11 is 1.24. The number of fused-ring (bicyclic) bond motifs is 2. The lowest BCUT2D eigenvalue weighted by Crippen LogP contribution is -2.25. The fraction of sp³-hybridized carbons (Fsp3) is 0.192. The van der Waals surface area contributed by atoms with Gasteiger partial charge in [-0.3, -0.25) is 14.2 Å². The van der Waals surface area contributed by atoms with Gasteiger partial charge in [0.1, 0.15) is 0 Å². The van der Waals surface area contributed by atoms with Gasteiger partial charge in [-0.05, 0) is 66.9 Å². The molecular weight excluding hydrogens is 450 g/mol. The van der Waals surface area contributed by atoms with Crippen LogP contribution in [0, 0.1) is 13.8 Å². The Labute approximate surface area is 200 Å². The number of carbonyl (C=O) groups excluding carboxylic acids is 1. The van der Waals surface area contributed by atoms with Crippen LogP contribution in [-0.4, -0.2) is 28.0 Å². The summed E-state index contributed by atoms with van der Waals surface area (Å²) in [5.41, 5.74) is 4.36. The van der Waals surface area contributed by atoms with Crippen molar-refractivity contribution in [1.82, 2.24) is 9.55 Å². The van der Waals surface area contributed by atoms with Crippen molar-refractivity contribution in [3.8, 4) is 11.5 Å². The predicted molar refractivity (Wildman–Crippen MR) is 133 cm³/mol. The molecule has 2 heterocycles. The number of nitrogens with zero attached hydrogens (tertiary/aromatic N) is 2. The summed E-state index contributed by atoms with van der Waals surface area (Å²) in [5.74, 6) is 1.30. The third-order valence-corrected chi connectivity index (χ3v) is 6.70. The SMILES string of the molecule is Cc1ccc(NC(=O)CSc2nc3ccccc3c(=O)n2Cc2ccc3c(c2)OCO3)cc1C. The molecule has 172 valence electrons. The number of aromatic nitrogens is 2. The number of ether oxygens (including phenoxy) is 2. The van der Waals surface area contributed by atoms with Gasteiger partial charge >= 0.3 is 0 Å². The molecule has 1 aliphatic rings. The van der Waals surface area contributed by atoms with Gasteiger partial charge < -0.3 is 14.8 Å². The number of benzene rings is 3. The first kappa shape index (κ1) is 22.0. The normalized spacial score (nSPS) is 12.2. The number of thioether (sulfide) groups is 1. The summed E-state index contributed by atoms with van der Waals surface area (Å²) in [7, 11) is 0. The third kappa shape index (κ3) is 4.49. The highest BCUT2D eigenvalue weighted by Gasteiger charge is 2.17. The predicted octanol–water partition coefficient (Wildman–Crippen LogP) is 4.52. The molecule has 3 aromatic carbocycles. The first-order chi connectivity index (χ1) is 16.5. The van der Waals surface area contributed by atoms with Crippen LogP contribution in [0.25, 0.3) is 10.9 Å². The van der Waals surface area contributed by atoms with E-state index in [9.17, 15) is 9.59 Å². The average Bonchev–Trinajstić information content (AvgIpc) is 3.30. The van der Waals surface area contributed by atoms with Gasteiger partial charge in [0.05, 0.1) is 23.2 Å². The van der Waals surface area contributed by atoms with Crippen LogP contribution in [0.5, 0.6) is 11.5 Å². The van der Waals surface area contributed by atoms with Gasteiger partial charge in [-0.1, -0.05) is 36.0 Å². The first-order valence-corrected chi connectivity index (χ1v) is 11.8. The van der Waals surface area contributed by atoms with Crippen molar-refractivity contribution < 1.29 is 14.3 Å². The van der Waals surface area contributed by atoms with E-state index in [0.717, 1.165) is 16.8 Å². The van der Waals surface area contributed by atoms with Crippen molar-refractivity contribution in [2.75, 3.05) is 17.9 Å². The number of aryl methyl sites for hydroxylation is 2. The molecule has 0 spiro atoms. The molecule has 0 saturated carbocycles. The summed E-state index contributed by atoms with van der Waals surface area (Å²) < 4.78 is 12.5. The lowest BCUT2D eigenvalue weighted by molar-refractivity contribution is -0.113. The zero-order valence-corrected chi connectivity index (χ0v) is 19.6. The van der Waals surface area contributed by atoms with E-state index in [2.05, 4.69) is 5.32 Å². The van der Waals surface area contributed by atoms with Crippen LogP contribution in [0.1, 0.15) is 16.7 Å². The largest absolute Gasteiger partial charge is 0.454 e. The Kier molecular flexibility index (Phi) is 5.98. The van der Waals surface area contributed by atoms with Gasteiger partial charge in [0.15, 0.2) is 16.7 Å². The van der Waals surface area contributed by atoms with E-state index in [4.69, 9.17) is 14.5 Å². The molecule has 4 aromatic rings. The lowest BCUT2D eigenvalue weighted by atomic mass is 10.1. The molecule has 0 saturated heterocycles. The number of carbonyl (C=O) groups is 1. The molecule has 7 nitrogen and oxygen atoms in total. The van der Waals surface area contributed by atoms with Crippen LogP contribution in [0.2, 0.25) is 0 Å². The highest BCUT2D eigenvalue weighted by Crippen LogP contribution is 2.33. The van der Waals surface area contributed by atoms with Crippen LogP contribution in [0.4, 0.5) is 5.69 Å². The van der Waals surface area contributed by atoms with Crippen molar-refractivity contribution in [2.24, 2.45) is 0 Å². The first-order valence-electron chi connectivity index (χ1n) is 10.9. The van der Waals surface area contributed by atoms with E-state index in [1.54, 1.807) is 16.7 Å². The summed E-state index contributed by atoms with van der Waals surface area (Å²) in [5, 5.41) is 3.94. The second-order valence-corrected chi connectivity index (χ2v) is 9.07. The van der Waals surface area contributed by atoms with Crippen LogP contribution in [-0.2, 0) is 11.3 Å². The smallest absolute Gasteiger partial charge is 0.262 e. The molecule has 0 bridgehead atoms. The molecule has 1 amide bonds. The van der Waals surface area contributed by atoms with Gasteiger partial charge in [0.2, 0.25) is 12.7 Å². The van der Waals surface area contributed by atoms with E-state index in [1.807, 2.05) is 62.4 Å². The number of rotatable bonds is 6. The van der Waals surface area contributed by atoms with Gasteiger partial charge in [-0.25, -0.2) is 4.98 Å². The maximum Gasteiger partial charge on any atom is 0.262 e. The van der Waals surface area contributed by atoms with Gasteiger partial charge in [-0.2, -0.15) is 0 Å². The molecule has 34 heavy (non-hydrogen) atoms. The van der Waals surface area contributed by atoms with Crippen LogP contribution >= 0.6 is 11.8 Å². The minimum atomic E-state index is -0.162. The molecule has 0 aliphatic carbocycles. The van der Waals surface area contributed by atoms with E-state index in [-0.39, 0.29) is 24.0 Å². The second-order valence-electron chi connectivity index (χ2n) is 8.13. The summed E-state index contributed by atoms with van der Waals surface area (Å²) in [4.78, 5) is 30.7. The average molecular weight is 474 g/mol. The fourth-order valence-electron chi connectivity index (χ4n) is 3.77. The Morgan fingerprint density at radius 3 is 2.71 bits per heavy atom. The van der Waals surface area contributed by atoms with E-state index in [0.29, 0.717) is 34.1 Å². The van der Waals surface area contributed by atoms with Crippen LogP contribution in [0.3, 0.4) is 0 Å². The van der Waals surface area contributed by atoms with E-state index in [1.165, 1.54) is 17.3 Å². The molecule has 0 unspecified atom stereocenters. The minimum Gasteiger partial charge on any atom is -0.454 e. The Balaban J connectivity index is 1.41. The van der Waals surface area contributed by atoms with Crippen LogP contribution in [0.15, 0.2) is 70.6 Å². The quantitative estimate of drug-likeness (QED) is 0.328. The maximum atomic E-state index is 13.3. The number of anilines is 1. The van der Waals surface area contributed by atoms with E-state index >= 15 is 0 Å². The number of nitrogens with one attached hydrogen (secondary N) is 1. The maximum absolute atomic E-state index is 13.3. The highest BCUT2D eigenvalue weighted by molar-refractivity contribution is 7.99. The topological polar surface area (TPSA) is 82.5 Å². The number of hydrogen-bond donors (Lipinski definition) is 1. The standard InChI is InChI=1S/C26H23N3O4S/c1-16-7-9-19(11-17(16)2)27-24(30)14-34-26-28-21-6-4-3-5-20(21)25(31)29(26)13-18-8-10-22-23(12-18)33-15-32-22/h3-12H,13-15H2,1-2H3,(H,27,30). The van der Waals surface area contributed by atoms with Crippen molar-refractivity contribution >= 4 is 34.3 Å². The third-order valence-electron chi connectivity index (χ3n) is 5.73. The monoisotopic (exact) mass is 473 g/mol. The molecule has 0 atom stereocenters. The Morgan fingerprint density at radius 1 is 1.03 bits per heavy atom. The van der Waals surface area contributed by atoms with Gasteiger partial charge in [0.25, 0.3) is 5.56 Å².